The van der Waals surface area contributed by atoms with E-state index in [1.54, 1.807) is 0 Å². The second kappa shape index (κ2) is 6.14. The van der Waals surface area contributed by atoms with Gasteiger partial charge in [-0.1, -0.05) is 11.6 Å². The van der Waals surface area contributed by atoms with Crippen LogP contribution < -0.4 is 5.32 Å². The number of rotatable bonds is 5. The SMILES string of the molecule is CC(CC(=O)O)NC(=O)c1ccc([N+](=O)[O-])cc1Cl. The van der Waals surface area contributed by atoms with Crippen LogP contribution >= 0.6 is 11.6 Å². The third kappa shape index (κ3) is 4.22. The lowest BCUT2D eigenvalue weighted by atomic mass is 10.1. The number of nitro benzene ring substituents is 1. The number of hydrogen-bond donors (Lipinski definition) is 2. The van der Waals surface area contributed by atoms with E-state index < -0.39 is 22.8 Å². The number of nitro groups is 1. The highest BCUT2D eigenvalue weighted by atomic mass is 35.5. The molecule has 0 saturated carbocycles. The smallest absolute Gasteiger partial charge is 0.305 e. The molecule has 1 unspecified atom stereocenters. The quantitative estimate of drug-likeness (QED) is 0.634. The maximum atomic E-state index is 11.8. The molecular weight excluding hydrogens is 276 g/mol. The Kier molecular flexibility index (Phi) is 4.82. The zero-order valence-corrected chi connectivity index (χ0v) is 10.7. The number of non-ortho nitro benzene ring substituents is 1. The van der Waals surface area contributed by atoms with E-state index in [1.807, 2.05) is 0 Å². The predicted octanol–water partition coefficient (Wildman–Crippen LogP) is 1.84. The third-order valence-electron chi connectivity index (χ3n) is 2.27. The van der Waals surface area contributed by atoms with E-state index in [-0.39, 0.29) is 22.7 Å². The van der Waals surface area contributed by atoms with Crippen LogP contribution in [0.25, 0.3) is 0 Å². The summed E-state index contributed by atoms with van der Waals surface area (Å²) in [6, 6.07) is 2.88. The number of carboxylic acids is 1. The van der Waals surface area contributed by atoms with Crippen LogP contribution in [-0.2, 0) is 4.79 Å². The minimum atomic E-state index is -1.04. The molecule has 1 aromatic rings. The van der Waals surface area contributed by atoms with Crippen LogP contribution in [0.15, 0.2) is 18.2 Å². The molecule has 1 aromatic carbocycles. The van der Waals surface area contributed by atoms with Crippen LogP contribution in [0.3, 0.4) is 0 Å². The summed E-state index contributed by atoms with van der Waals surface area (Å²) in [5.41, 5.74) is -0.162. The van der Waals surface area contributed by atoms with Crippen molar-refractivity contribution in [2.24, 2.45) is 0 Å². The van der Waals surface area contributed by atoms with Crippen molar-refractivity contribution < 1.29 is 19.6 Å². The highest BCUT2D eigenvalue weighted by molar-refractivity contribution is 6.34. The number of nitrogens with zero attached hydrogens (tertiary/aromatic N) is 1. The fraction of sp³-hybridized carbons (Fsp3) is 0.273. The molecule has 2 N–H and O–H groups in total. The molecule has 0 fully saturated rings. The molecule has 0 aliphatic rings. The van der Waals surface area contributed by atoms with Gasteiger partial charge in [0.1, 0.15) is 0 Å². The number of carbonyl (C=O) groups excluding carboxylic acids is 1. The molecule has 0 heterocycles. The zero-order valence-electron chi connectivity index (χ0n) is 9.92. The molecule has 1 atom stereocenters. The number of nitrogens with one attached hydrogen (secondary N) is 1. The first-order chi connectivity index (χ1) is 8.81. The molecular formula is C11H11ClN2O5. The molecule has 1 rings (SSSR count). The van der Waals surface area contributed by atoms with Crippen LogP contribution in [0.2, 0.25) is 5.02 Å². The van der Waals surface area contributed by atoms with Gasteiger partial charge in [0, 0.05) is 18.2 Å². The van der Waals surface area contributed by atoms with Gasteiger partial charge in [0.15, 0.2) is 0 Å². The minimum absolute atomic E-state index is 0.0597. The summed E-state index contributed by atoms with van der Waals surface area (Å²) in [6.45, 7) is 1.53. The summed E-state index contributed by atoms with van der Waals surface area (Å²) < 4.78 is 0. The van der Waals surface area contributed by atoms with Gasteiger partial charge in [0.25, 0.3) is 11.6 Å². The van der Waals surface area contributed by atoms with Gasteiger partial charge in [0.2, 0.25) is 0 Å². The molecule has 0 aliphatic carbocycles. The van der Waals surface area contributed by atoms with Gasteiger partial charge in [0.05, 0.1) is 21.9 Å². The highest BCUT2D eigenvalue weighted by Crippen LogP contribution is 2.22. The first-order valence-corrected chi connectivity index (χ1v) is 5.65. The second-order valence-electron chi connectivity index (χ2n) is 3.89. The molecule has 7 nitrogen and oxygen atoms in total. The molecule has 102 valence electrons. The number of aliphatic carboxylic acids is 1. The van der Waals surface area contributed by atoms with Gasteiger partial charge in [-0.05, 0) is 13.0 Å². The summed E-state index contributed by atoms with van der Waals surface area (Å²) >= 11 is 5.78. The minimum Gasteiger partial charge on any atom is -0.481 e. The maximum absolute atomic E-state index is 11.8. The molecule has 0 radical (unpaired) electrons. The maximum Gasteiger partial charge on any atom is 0.305 e. The van der Waals surface area contributed by atoms with Gasteiger partial charge in [-0.25, -0.2) is 0 Å². The Bertz CT molecular complexity index is 532. The summed E-state index contributed by atoms with van der Waals surface area (Å²) in [7, 11) is 0. The van der Waals surface area contributed by atoms with E-state index in [1.165, 1.54) is 13.0 Å². The van der Waals surface area contributed by atoms with E-state index >= 15 is 0 Å². The van der Waals surface area contributed by atoms with Crippen LogP contribution in [0.4, 0.5) is 5.69 Å². The molecule has 0 saturated heterocycles. The lowest BCUT2D eigenvalue weighted by Crippen LogP contribution is -2.34. The Morgan fingerprint density at radius 1 is 1.53 bits per heavy atom. The normalized spacial score (nSPS) is 11.7. The van der Waals surface area contributed by atoms with Crippen molar-refractivity contribution in [2.75, 3.05) is 0 Å². The van der Waals surface area contributed by atoms with Crippen molar-refractivity contribution in [3.8, 4) is 0 Å². The molecule has 0 aliphatic heterocycles. The van der Waals surface area contributed by atoms with Crippen molar-refractivity contribution in [2.45, 2.75) is 19.4 Å². The number of carbonyl (C=O) groups is 2. The average molecular weight is 287 g/mol. The highest BCUT2D eigenvalue weighted by Gasteiger charge is 2.17. The molecule has 0 aromatic heterocycles. The molecule has 1 amide bonds. The monoisotopic (exact) mass is 286 g/mol. The second-order valence-corrected chi connectivity index (χ2v) is 4.30. The van der Waals surface area contributed by atoms with Crippen molar-refractivity contribution in [3.05, 3.63) is 38.9 Å². The molecule has 19 heavy (non-hydrogen) atoms. The zero-order chi connectivity index (χ0) is 14.6. The molecule has 0 bridgehead atoms. The Morgan fingerprint density at radius 2 is 2.16 bits per heavy atom. The van der Waals surface area contributed by atoms with Crippen LogP contribution in [0.5, 0.6) is 0 Å². The van der Waals surface area contributed by atoms with Crippen molar-refractivity contribution in [3.63, 3.8) is 0 Å². The third-order valence-corrected chi connectivity index (χ3v) is 2.58. The number of halogens is 1. The van der Waals surface area contributed by atoms with E-state index in [0.717, 1.165) is 12.1 Å². The van der Waals surface area contributed by atoms with E-state index in [0.29, 0.717) is 0 Å². The number of amides is 1. The van der Waals surface area contributed by atoms with E-state index in [2.05, 4.69) is 5.32 Å². The van der Waals surface area contributed by atoms with Crippen molar-refractivity contribution in [1.29, 1.82) is 0 Å². The number of hydrogen-bond acceptors (Lipinski definition) is 4. The van der Waals surface area contributed by atoms with E-state index in [9.17, 15) is 19.7 Å². The first-order valence-electron chi connectivity index (χ1n) is 5.28. The first kappa shape index (κ1) is 14.9. The van der Waals surface area contributed by atoms with Gasteiger partial charge < -0.3 is 10.4 Å². The lowest BCUT2D eigenvalue weighted by Gasteiger charge is -2.12. The van der Waals surface area contributed by atoms with Gasteiger partial charge in [-0.3, -0.25) is 19.7 Å². The summed E-state index contributed by atoms with van der Waals surface area (Å²) in [5.74, 6) is -1.61. The van der Waals surface area contributed by atoms with Crippen molar-refractivity contribution >= 4 is 29.2 Å². The van der Waals surface area contributed by atoms with Gasteiger partial charge in [-0.15, -0.1) is 0 Å². The molecule has 0 spiro atoms. The lowest BCUT2D eigenvalue weighted by molar-refractivity contribution is -0.384. The Hall–Kier alpha value is -2.15. The van der Waals surface area contributed by atoms with Crippen LogP contribution in [-0.4, -0.2) is 27.9 Å². The Morgan fingerprint density at radius 3 is 2.63 bits per heavy atom. The summed E-state index contributed by atoms with van der Waals surface area (Å²) in [4.78, 5) is 32.1. The summed E-state index contributed by atoms with van der Waals surface area (Å²) in [6.07, 6.45) is -0.226. The van der Waals surface area contributed by atoms with Gasteiger partial charge in [-0.2, -0.15) is 0 Å². The van der Waals surface area contributed by atoms with E-state index in [4.69, 9.17) is 16.7 Å². The van der Waals surface area contributed by atoms with Gasteiger partial charge >= 0.3 is 5.97 Å². The van der Waals surface area contributed by atoms with Crippen molar-refractivity contribution in [1.82, 2.24) is 5.32 Å². The predicted molar refractivity (Wildman–Crippen MR) is 67.3 cm³/mol. The van der Waals surface area contributed by atoms with Crippen LogP contribution in [0, 0.1) is 10.1 Å². The number of benzene rings is 1. The number of carboxylic acid groups (broad SMARTS) is 1. The summed E-state index contributed by atoms with van der Waals surface area (Å²) in [5, 5.41) is 21.5. The fourth-order valence-corrected chi connectivity index (χ4v) is 1.68. The fourth-order valence-electron chi connectivity index (χ4n) is 1.42. The van der Waals surface area contributed by atoms with Crippen LogP contribution in [0.1, 0.15) is 23.7 Å². The molecule has 8 heteroatoms. The topological polar surface area (TPSA) is 110 Å². The largest absolute Gasteiger partial charge is 0.481 e. The Balaban J connectivity index is 2.83. The standard InChI is InChI=1S/C11H11ClN2O5/c1-6(4-10(15)16)13-11(17)8-3-2-7(14(18)19)5-9(8)12/h2-3,5-6H,4H2,1H3,(H,13,17)(H,15,16). The Labute approximate surface area is 113 Å². The average Bonchev–Trinajstić information content (AvgIpc) is 2.26.